The van der Waals surface area contributed by atoms with Gasteiger partial charge in [0.2, 0.25) is 0 Å². The molecule has 7 nitrogen and oxygen atoms in total. The monoisotopic (exact) mass is 226 g/mol. The summed E-state index contributed by atoms with van der Waals surface area (Å²) < 4.78 is 6.05. The second kappa shape index (κ2) is 4.13. The van der Waals surface area contributed by atoms with Gasteiger partial charge in [-0.05, 0) is 11.9 Å². The lowest BCUT2D eigenvalue weighted by Crippen LogP contribution is -2.25. The zero-order chi connectivity index (χ0) is 10.7. The molecule has 15 heavy (non-hydrogen) atoms. The van der Waals surface area contributed by atoms with Gasteiger partial charge in [0.15, 0.2) is 5.76 Å². The van der Waals surface area contributed by atoms with Gasteiger partial charge in [0.25, 0.3) is 5.56 Å². The number of nitrogens with one attached hydrogen (secondary N) is 1. The number of nitrogens with zero attached hydrogens (tertiary/aromatic N) is 3. The van der Waals surface area contributed by atoms with Gasteiger partial charge < -0.3 is 4.52 Å². The summed E-state index contributed by atoms with van der Waals surface area (Å²) in [5.74, 6) is 0.969. The molecule has 0 bridgehead atoms. The molecule has 0 aliphatic carbocycles. The summed E-state index contributed by atoms with van der Waals surface area (Å²) in [5, 5.41) is 6.78. The van der Waals surface area contributed by atoms with Crippen LogP contribution in [0.25, 0.3) is 0 Å². The molecule has 0 saturated heterocycles. The lowest BCUT2D eigenvalue weighted by Gasteiger charge is -1.99. The zero-order valence-electron chi connectivity index (χ0n) is 7.41. The van der Waals surface area contributed by atoms with Crippen LogP contribution in [0.15, 0.2) is 32.6 Å². The predicted octanol–water partition coefficient (Wildman–Crippen LogP) is -0.384. The molecule has 0 aromatic carbocycles. The fourth-order valence-corrected chi connectivity index (χ4v) is 1.59. The van der Waals surface area contributed by atoms with Crippen LogP contribution in [0.3, 0.4) is 0 Å². The lowest BCUT2D eigenvalue weighted by molar-refractivity contribution is 0.371. The van der Waals surface area contributed by atoms with E-state index in [1.54, 1.807) is 0 Å². The number of aromatic amines is 1. The Labute approximate surface area is 87.2 Å². The first-order valence-corrected chi connectivity index (χ1v) is 4.91. The molecule has 78 valence electrons. The SMILES string of the molecule is O=c1ccn(SCc2cnno2)c(=O)[nH]1. The van der Waals surface area contributed by atoms with E-state index in [1.807, 2.05) is 0 Å². The molecule has 2 aromatic rings. The van der Waals surface area contributed by atoms with Gasteiger partial charge in [0.1, 0.15) is 0 Å². The van der Waals surface area contributed by atoms with Crippen LogP contribution in [-0.4, -0.2) is 19.3 Å². The Morgan fingerprint density at radius 3 is 3.07 bits per heavy atom. The number of H-pyrrole nitrogens is 1. The van der Waals surface area contributed by atoms with E-state index in [2.05, 4.69) is 15.4 Å². The minimum Gasteiger partial charge on any atom is -0.341 e. The molecular weight excluding hydrogens is 220 g/mol. The fraction of sp³-hybridized carbons (Fsp3) is 0.143. The highest BCUT2D eigenvalue weighted by Gasteiger charge is 2.01. The quantitative estimate of drug-likeness (QED) is 0.766. The van der Waals surface area contributed by atoms with Crippen LogP contribution in [0.2, 0.25) is 0 Å². The Hall–Kier alpha value is -1.83. The van der Waals surface area contributed by atoms with E-state index in [4.69, 9.17) is 4.52 Å². The number of rotatable bonds is 3. The average molecular weight is 226 g/mol. The number of hydrogen-bond acceptors (Lipinski definition) is 6. The van der Waals surface area contributed by atoms with Crippen LogP contribution < -0.4 is 11.2 Å². The molecule has 0 amide bonds. The lowest BCUT2D eigenvalue weighted by atomic mass is 10.6. The summed E-state index contributed by atoms with van der Waals surface area (Å²) in [5.41, 5.74) is -0.891. The summed E-state index contributed by atoms with van der Waals surface area (Å²) in [6.45, 7) is 0. The second-order valence-corrected chi connectivity index (χ2v) is 3.53. The van der Waals surface area contributed by atoms with Gasteiger partial charge in [0.05, 0.1) is 11.9 Å². The first-order chi connectivity index (χ1) is 7.25. The van der Waals surface area contributed by atoms with Crippen LogP contribution in [-0.2, 0) is 5.75 Å². The molecule has 0 saturated carbocycles. The topological polar surface area (TPSA) is 93.8 Å². The highest BCUT2D eigenvalue weighted by Crippen LogP contribution is 2.09. The van der Waals surface area contributed by atoms with Crippen molar-refractivity contribution in [2.45, 2.75) is 5.75 Å². The van der Waals surface area contributed by atoms with Crippen LogP contribution >= 0.6 is 11.9 Å². The van der Waals surface area contributed by atoms with Crippen molar-refractivity contribution in [2.24, 2.45) is 0 Å². The second-order valence-electron chi connectivity index (χ2n) is 2.59. The average Bonchev–Trinajstić information content (AvgIpc) is 2.69. The van der Waals surface area contributed by atoms with Crippen LogP contribution in [0.5, 0.6) is 0 Å². The molecule has 2 aromatic heterocycles. The standard InChI is InChI=1S/C7H6N4O3S/c12-6-1-2-11(7(13)9-6)15-4-5-3-8-10-14-5/h1-3H,4H2,(H,9,12,13). The van der Waals surface area contributed by atoms with Crippen molar-refractivity contribution in [1.82, 2.24) is 19.3 Å². The number of hydrogen-bond donors (Lipinski definition) is 1. The Kier molecular flexibility index (Phi) is 2.68. The maximum atomic E-state index is 11.2. The van der Waals surface area contributed by atoms with E-state index in [-0.39, 0.29) is 0 Å². The third-order valence-electron chi connectivity index (χ3n) is 1.54. The van der Waals surface area contributed by atoms with Crippen LogP contribution in [0.4, 0.5) is 0 Å². The summed E-state index contributed by atoms with van der Waals surface area (Å²) >= 11 is 1.17. The van der Waals surface area contributed by atoms with Crippen molar-refractivity contribution < 1.29 is 4.52 Å². The van der Waals surface area contributed by atoms with Crippen molar-refractivity contribution in [2.75, 3.05) is 0 Å². The minimum atomic E-state index is -0.472. The Morgan fingerprint density at radius 1 is 1.53 bits per heavy atom. The molecule has 0 unspecified atom stereocenters. The van der Waals surface area contributed by atoms with E-state index in [0.717, 1.165) is 0 Å². The molecule has 2 heterocycles. The third-order valence-corrected chi connectivity index (χ3v) is 2.52. The highest BCUT2D eigenvalue weighted by molar-refractivity contribution is 7.97. The first-order valence-electron chi connectivity index (χ1n) is 3.97. The maximum Gasteiger partial charge on any atom is 0.338 e. The molecule has 2 rings (SSSR count). The highest BCUT2D eigenvalue weighted by atomic mass is 32.2. The van der Waals surface area contributed by atoms with Crippen molar-refractivity contribution in [3.63, 3.8) is 0 Å². The molecular formula is C7H6N4O3S. The summed E-state index contributed by atoms with van der Waals surface area (Å²) in [6, 6.07) is 1.27. The largest absolute Gasteiger partial charge is 0.341 e. The van der Waals surface area contributed by atoms with Crippen LogP contribution in [0.1, 0.15) is 5.76 Å². The molecule has 0 spiro atoms. The van der Waals surface area contributed by atoms with E-state index < -0.39 is 11.2 Å². The Bertz CT molecular complexity index is 544. The van der Waals surface area contributed by atoms with Gasteiger partial charge in [-0.1, -0.05) is 0 Å². The molecule has 0 radical (unpaired) electrons. The Morgan fingerprint density at radius 2 is 2.40 bits per heavy atom. The van der Waals surface area contributed by atoms with Crippen LogP contribution in [0, 0.1) is 0 Å². The van der Waals surface area contributed by atoms with Gasteiger partial charge in [-0.2, -0.15) is 0 Å². The molecule has 8 heteroatoms. The van der Waals surface area contributed by atoms with Crippen molar-refractivity contribution in [3.05, 3.63) is 45.1 Å². The van der Waals surface area contributed by atoms with Crippen molar-refractivity contribution >= 4 is 11.9 Å². The van der Waals surface area contributed by atoms with E-state index in [9.17, 15) is 9.59 Å². The summed E-state index contributed by atoms with van der Waals surface area (Å²) in [6.07, 6.45) is 2.86. The van der Waals surface area contributed by atoms with E-state index >= 15 is 0 Å². The predicted molar refractivity (Wildman–Crippen MR) is 52.3 cm³/mol. The van der Waals surface area contributed by atoms with Gasteiger partial charge in [-0.3, -0.25) is 9.78 Å². The summed E-state index contributed by atoms with van der Waals surface area (Å²) in [7, 11) is 0. The molecule has 0 fully saturated rings. The smallest absolute Gasteiger partial charge is 0.338 e. The molecule has 1 N–H and O–H groups in total. The fourth-order valence-electron chi connectivity index (χ4n) is 0.891. The minimum absolute atomic E-state index is 0.416. The van der Waals surface area contributed by atoms with Crippen molar-refractivity contribution in [3.8, 4) is 0 Å². The number of aromatic nitrogens is 4. The third kappa shape index (κ3) is 2.34. The van der Waals surface area contributed by atoms with Gasteiger partial charge >= 0.3 is 5.69 Å². The van der Waals surface area contributed by atoms with Gasteiger partial charge in [0, 0.05) is 17.5 Å². The van der Waals surface area contributed by atoms with Gasteiger partial charge in [-0.15, -0.1) is 5.10 Å². The molecule has 0 atom stereocenters. The molecule has 0 aliphatic rings. The van der Waals surface area contributed by atoms with Gasteiger partial charge in [-0.25, -0.2) is 8.77 Å². The maximum absolute atomic E-state index is 11.2. The van der Waals surface area contributed by atoms with E-state index in [1.165, 1.54) is 34.4 Å². The zero-order valence-corrected chi connectivity index (χ0v) is 8.23. The normalized spacial score (nSPS) is 10.4. The first kappa shape index (κ1) is 9.71. The van der Waals surface area contributed by atoms with E-state index in [0.29, 0.717) is 11.5 Å². The van der Waals surface area contributed by atoms with Crippen molar-refractivity contribution in [1.29, 1.82) is 0 Å². The Balaban J connectivity index is 2.12. The molecule has 0 aliphatic heterocycles. The summed E-state index contributed by atoms with van der Waals surface area (Å²) in [4.78, 5) is 24.1.